The summed E-state index contributed by atoms with van der Waals surface area (Å²) in [5, 5.41) is 1.92. The van der Waals surface area contributed by atoms with Crippen LogP contribution in [0.2, 0.25) is 20.1 Å². The standard InChI is InChI=1S/C19H30Cl4N2.2HI/c1-5-24(3,6-2)10-8-7-9-11-25(4)12-14-15(13-25)17(21)19(23)18(22)16(14)20;;/h5-13H2,1-4H3;2*1H/q+2;;/p-2. The Labute approximate surface area is 219 Å². The van der Waals surface area contributed by atoms with Gasteiger partial charge in [-0.3, -0.25) is 0 Å². The second-order valence-corrected chi connectivity index (χ2v) is 9.42. The number of hydrogen-bond donors (Lipinski definition) is 0. The first-order chi connectivity index (χ1) is 11.7. The first kappa shape index (κ1) is 28.8. The van der Waals surface area contributed by atoms with Crippen molar-refractivity contribution in [3.05, 3.63) is 31.2 Å². The minimum Gasteiger partial charge on any atom is -1.00 e. The predicted octanol–water partition coefficient (Wildman–Crippen LogP) is 0.425. The summed E-state index contributed by atoms with van der Waals surface area (Å²) in [6.07, 6.45) is 3.76. The van der Waals surface area contributed by atoms with Crippen molar-refractivity contribution in [1.29, 1.82) is 0 Å². The fourth-order valence-electron chi connectivity index (χ4n) is 3.73. The van der Waals surface area contributed by atoms with Crippen LogP contribution in [0.15, 0.2) is 0 Å². The van der Waals surface area contributed by atoms with Gasteiger partial charge >= 0.3 is 0 Å². The van der Waals surface area contributed by atoms with E-state index in [2.05, 4.69) is 27.9 Å². The van der Waals surface area contributed by atoms with Gasteiger partial charge in [-0.25, -0.2) is 0 Å². The van der Waals surface area contributed by atoms with Crippen molar-refractivity contribution in [1.82, 2.24) is 0 Å². The molecule has 0 saturated carbocycles. The van der Waals surface area contributed by atoms with Gasteiger partial charge < -0.3 is 56.9 Å². The Hall–Kier alpha value is 1.76. The maximum absolute atomic E-state index is 6.42. The average molecular weight is 682 g/mol. The molecule has 1 aromatic carbocycles. The normalized spacial score (nSPS) is 15.1. The second-order valence-electron chi connectivity index (χ2n) is 7.91. The zero-order valence-corrected chi connectivity index (χ0v) is 23.9. The molecule has 0 radical (unpaired) electrons. The van der Waals surface area contributed by atoms with E-state index >= 15 is 0 Å². The van der Waals surface area contributed by atoms with E-state index in [1.54, 1.807) is 0 Å². The van der Waals surface area contributed by atoms with Crippen LogP contribution < -0.4 is 48.0 Å². The number of rotatable bonds is 8. The van der Waals surface area contributed by atoms with E-state index in [1.165, 1.54) is 43.4 Å². The van der Waals surface area contributed by atoms with E-state index in [1.807, 2.05) is 0 Å². The molecule has 0 spiro atoms. The van der Waals surface area contributed by atoms with Crippen molar-refractivity contribution in [3.8, 4) is 0 Å². The molecule has 0 fully saturated rings. The molecule has 2 nitrogen and oxygen atoms in total. The molecule has 0 unspecified atom stereocenters. The fraction of sp³-hybridized carbons (Fsp3) is 0.684. The van der Waals surface area contributed by atoms with Crippen LogP contribution in [0, 0.1) is 0 Å². The van der Waals surface area contributed by atoms with Gasteiger partial charge in [0.05, 0.1) is 60.4 Å². The number of halogens is 6. The van der Waals surface area contributed by atoms with E-state index in [-0.39, 0.29) is 48.0 Å². The van der Waals surface area contributed by atoms with Crippen molar-refractivity contribution >= 4 is 46.4 Å². The molecule has 158 valence electrons. The minimum absolute atomic E-state index is 0. The molecule has 27 heavy (non-hydrogen) atoms. The number of nitrogens with zero attached hydrogens (tertiary/aromatic N) is 2. The van der Waals surface area contributed by atoms with Crippen LogP contribution >= 0.6 is 46.4 Å². The monoisotopic (exact) mass is 680 g/mol. The van der Waals surface area contributed by atoms with Crippen molar-refractivity contribution in [2.24, 2.45) is 0 Å². The fourth-order valence-corrected chi connectivity index (χ4v) is 4.78. The Morgan fingerprint density at radius 3 is 1.63 bits per heavy atom. The predicted molar refractivity (Wildman–Crippen MR) is 111 cm³/mol. The Kier molecular flexibility index (Phi) is 12.7. The van der Waals surface area contributed by atoms with Crippen LogP contribution in [0.25, 0.3) is 0 Å². The molecule has 0 bridgehead atoms. The molecular weight excluding hydrogens is 652 g/mol. The Bertz CT molecular complexity index is 600. The summed E-state index contributed by atoms with van der Waals surface area (Å²) < 4.78 is 2.10. The first-order valence-corrected chi connectivity index (χ1v) is 10.7. The van der Waals surface area contributed by atoms with Gasteiger partial charge in [0.15, 0.2) is 0 Å². The van der Waals surface area contributed by atoms with Gasteiger partial charge in [-0.15, -0.1) is 0 Å². The van der Waals surface area contributed by atoms with E-state index in [4.69, 9.17) is 46.4 Å². The first-order valence-electron chi connectivity index (χ1n) is 9.17. The van der Waals surface area contributed by atoms with Gasteiger partial charge in [0, 0.05) is 11.1 Å². The van der Waals surface area contributed by atoms with Crippen molar-refractivity contribution < 1.29 is 56.9 Å². The third kappa shape index (κ3) is 6.88. The molecular formula is C19H30Cl4I2N2. The lowest BCUT2D eigenvalue weighted by molar-refractivity contribution is -0.929. The molecule has 0 aromatic heterocycles. The zero-order valence-electron chi connectivity index (χ0n) is 16.5. The van der Waals surface area contributed by atoms with Crippen LogP contribution in [0.3, 0.4) is 0 Å². The van der Waals surface area contributed by atoms with Crippen molar-refractivity contribution in [2.45, 2.75) is 46.2 Å². The van der Waals surface area contributed by atoms with Gasteiger partial charge in [0.1, 0.15) is 13.1 Å². The number of hydrogen-bond acceptors (Lipinski definition) is 0. The minimum atomic E-state index is 0. The lowest BCUT2D eigenvalue weighted by Crippen LogP contribution is -3.00. The molecule has 0 amide bonds. The Morgan fingerprint density at radius 1 is 0.778 bits per heavy atom. The number of unbranched alkanes of at least 4 members (excludes halogenated alkanes) is 2. The molecule has 8 heteroatoms. The Balaban J connectivity index is 0.00000338. The maximum Gasteiger partial charge on any atom is 0.106 e. The maximum atomic E-state index is 6.42. The molecule has 0 atom stereocenters. The summed E-state index contributed by atoms with van der Waals surface area (Å²) in [6.45, 7) is 11.1. The van der Waals surface area contributed by atoms with Gasteiger partial charge in [-0.05, 0) is 33.1 Å². The van der Waals surface area contributed by atoms with Crippen LogP contribution in [-0.4, -0.2) is 49.2 Å². The topological polar surface area (TPSA) is 0 Å². The van der Waals surface area contributed by atoms with Gasteiger partial charge in [0.2, 0.25) is 0 Å². The van der Waals surface area contributed by atoms with Gasteiger partial charge in [-0.2, -0.15) is 0 Å². The van der Waals surface area contributed by atoms with Crippen LogP contribution in [0.5, 0.6) is 0 Å². The molecule has 2 rings (SSSR count). The van der Waals surface area contributed by atoms with E-state index in [9.17, 15) is 0 Å². The van der Waals surface area contributed by atoms with Crippen LogP contribution in [0.4, 0.5) is 0 Å². The Morgan fingerprint density at radius 2 is 1.22 bits per heavy atom. The summed E-state index contributed by atoms with van der Waals surface area (Å²) in [6, 6.07) is 0. The van der Waals surface area contributed by atoms with E-state index in [0.717, 1.165) is 35.2 Å². The molecule has 1 aliphatic heterocycles. The average Bonchev–Trinajstić information content (AvgIpc) is 2.96. The molecule has 0 aliphatic carbocycles. The zero-order chi connectivity index (χ0) is 18.8. The highest BCUT2D eigenvalue weighted by molar-refractivity contribution is 6.52. The van der Waals surface area contributed by atoms with E-state index in [0.29, 0.717) is 20.1 Å². The molecule has 1 heterocycles. The summed E-state index contributed by atoms with van der Waals surface area (Å²) in [5.74, 6) is 0. The van der Waals surface area contributed by atoms with Crippen molar-refractivity contribution in [2.75, 3.05) is 40.3 Å². The summed E-state index contributed by atoms with van der Waals surface area (Å²) in [5.41, 5.74) is 2.15. The largest absolute Gasteiger partial charge is 1.00 e. The third-order valence-corrected chi connectivity index (χ3v) is 7.86. The number of benzene rings is 1. The SMILES string of the molecule is CC[N+](C)(CC)CCCCC[N+]1(C)Cc2c(Cl)c(Cl)c(Cl)c(Cl)c2C1.[I-].[I-]. The summed E-state index contributed by atoms with van der Waals surface area (Å²) in [4.78, 5) is 0. The van der Waals surface area contributed by atoms with Crippen LogP contribution in [0.1, 0.15) is 44.2 Å². The quantitative estimate of drug-likeness (QED) is 0.123. The number of fused-ring (bicyclic) bond motifs is 1. The van der Waals surface area contributed by atoms with Gasteiger partial charge in [-0.1, -0.05) is 46.4 Å². The summed E-state index contributed by atoms with van der Waals surface area (Å²) in [7, 11) is 4.62. The highest BCUT2D eigenvalue weighted by Gasteiger charge is 2.37. The molecule has 1 aliphatic rings. The highest BCUT2D eigenvalue weighted by atomic mass is 127. The molecule has 1 aromatic rings. The van der Waals surface area contributed by atoms with Crippen molar-refractivity contribution in [3.63, 3.8) is 0 Å². The highest BCUT2D eigenvalue weighted by Crippen LogP contribution is 2.46. The number of quaternary nitrogens is 2. The molecule has 0 saturated heterocycles. The summed E-state index contributed by atoms with van der Waals surface area (Å²) >= 11 is 25.3. The smallest absolute Gasteiger partial charge is 0.106 e. The van der Waals surface area contributed by atoms with E-state index < -0.39 is 0 Å². The lowest BCUT2D eigenvalue weighted by Gasteiger charge is -2.32. The molecule has 0 N–H and O–H groups in total. The second kappa shape index (κ2) is 12.0. The third-order valence-electron chi connectivity index (χ3n) is 5.97. The van der Waals surface area contributed by atoms with Gasteiger partial charge in [0.25, 0.3) is 0 Å². The lowest BCUT2D eigenvalue weighted by atomic mass is 10.1. The van der Waals surface area contributed by atoms with Crippen LogP contribution in [-0.2, 0) is 13.1 Å².